The van der Waals surface area contributed by atoms with Gasteiger partial charge in [0, 0.05) is 43.2 Å². The topological polar surface area (TPSA) is 170 Å². The predicted octanol–water partition coefficient (Wildman–Crippen LogP) is 5.76. The quantitative estimate of drug-likeness (QED) is 0.116. The zero-order valence-corrected chi connectivity index (χ0v) is 27.0. The highest BCUT2D eigenvalue weighted by Crippen LogP contribution is 2.32. The maximum absolute atomic E-state index is 13.5. The molecular weight excluding hydrogens is 642 g/mol. The first kappa shape index (κ1) is 38.7. The van der Waals surface area contributed by atoms with E-state index in [9.17, 15) is 31.9 Å². The van der Waals surface area contributed by atoms with Gasteiger partial charge in [0.1, 0.15) is 18.3 Å². The fourth-order valence-corrected chi connectivity index (χ4v) is 6.10. The molecule has 2 atom stereocenters. The largest absolute Gasteiger partial charge is 0.490 e. The molecule has 1 aromatic carbocycles. The summed E-state index contributed by atoms with van der Waals surface area (Å²) in [6.45, 7) is 0.177. The van der Waals surface area contributed by atoms with Gasteiger partial charge in [-0.2, -0.15) is 13.2 Å². The Morgan fingerprint density at radius 1 is 1.02 bits per heavy atom. The van der Waals surface area contributed by atoms with Crippen molar-refractivity contribution in [3.05, 3.63) is 30.0 Å². The van der Waals surface area contributed by atoms with Gasteiger partial charge >= 0.3 is 18.1 Å². The van der Waals surface area contributed by atoms with Gasteiger partial charge in [0.2, 0.25) is 17.6 Å². The van der Waals surface area contributed by atoms with Crippen molar-refractivity contribution in [2.45, 2.75) is 88.9 Å². The van der Waals surface area contributed by atoms with Crippen molar-refractivity contribution in [2.24, 2.45) is 23.5 Å². The molecule has 2 aliphatic rings. The minimum atomic E-state index is -5.08. The van der Waals surface area contributed by atoms with E-state index in [1.54, 1.807) is 31.4 Å². The molecule has 2 amide bonds. The first-order chi connectivity index (χ1) is 22.8. The van der Waals surface area contributed by atoms with Gasteiger partial charge in [0.25, 0.3) is 0 Å². The van der Waals surface area contributed by atoms with Crippen molar-refractivity contribution in [2.75, 3.05) is 32.3 Å². The first-order valence-corrected chi connectivity index (χ1v) is 16.2. The second kappa shape index (κ2) is 18.7. The van der Waals surface area contributed by atoms with E-state index in [2.05, 4.69) is 10.6 Å². The van der Waals surface area contributed by atoms with Crippen LogP contribution < -0.4 is 16.4 Å². The van der Waals surface area contributed by atoms with Gasteiger partial charge in [-0.05, 0) is 68.2 Å². The number of carboxylic acids is 1. The second-order valence-electron chi connectivity index (χ2n) is 12.4. The van der Waals surface area contributed by atoms with E-state index >= 15 is 0 Å². The molecule has 0 bridgehead atoms. The zero-order chi connectivity index (χ0) is 35.3. The molecule has 2 aromatic rings. The molecule has 5 N–H and O–H groups in total. The van der Waals surface area contributed by atoms with Crippen molar-refractivity contribution < 1.29 is 55.7 Å². The number of nitrogens with two attached hydrogens (primary N) is 1. The lowest BCUT2D eigenvalue weighted by Gasteiger charge is -2.32. The second-order valence-corrected chi connectivity index (χ2v) is 12.4. The van der Waals surface area contributed by atoms with Crippen molar-refractivity contribution in [1.29, 1.82) is 0 Å². The smallest absolute Gasteiger partial charge is 0.475 e. The monoisotopic (exact) mass is 687 g/mol. The molecule has 0 aliphatic heterocycles. The van der Waals surface area contributed by atoms with Gasteiger partial charge in [0.05, 0.1) is 6.61 Å². The molecule has 268 valence electrons. The summed E-state index contributed by atoms with van der Waals surface area (Å²) >= 11 is 0. The van der Waals surface area contributed by atoms with Gasteiger partial charge < -0.3 is 35.4 Å². The predicted molar refractivity (Wildman–Crippen MR) is 168 cm³/mol. The van der Waals surface area contributed by atoms with Crippen LogP contribution >= 0.6 is 0 Å². The normalized spacial score (nSPS) is 19.8. The molecule has 48 heavy (non-hydrogen) atoms. The number of carbonyl (C=O) groups excluding carboxylic acids is 3. The Balaban J connectivity index is 0.000000804. The Morgan fingerprint density at radius 3 is 2.29 bits per heavy atom. The maximum Gasteiger partial charge on any atom is 0.490 e. The number of aliphatic carboxylic acids is 1. The Hall–Kier alpha value is -3.72. The van der Waals surface area contributed by atoms with Crippen LogP contribution in [0.2, 0.25) is 0 Å². The summed E-state index contributed by atoms with van der Waals surface area (Å²) in [7, 11) is 1.59. The molecule has 0 saturated heterocycles. The van der Waals surface area contributed by atoms with Gasteiger partial charge in [-0.25, -0.2) is 14.0 Å². The first-order valence-electron chi connectivity index (χ1n) is 16.2. The van der Waals surface area contributed by atoms with Crippen LogP contribution in [0, 0.1) is 17.8 Å². The van der Waals surface area contributed by atoms with Gasteiger partial charge in [-0.3, -0.25) is 9.59 Å². The highest BCUT2D eigenvalue weighted by molar-refractivity contribution is 5.99. The number of hydrogen-bond donors (Lipinski definition) is 4. The van der Waals surface area contributed by atoms with E-state index in [1.807, 2.05) is 0 Å². The number of rotatable bonds is 13. The van der Waals surface area contributed by atoms with E-state index in [4.69, 9.17) is 29.5 Å². The number of benzene rings is 1. The number of carboxylic acid groups (broad SMARTS) is 1. The third-order valence-corrected chi connectivity index (χ3v) is 8.81. The molecule has 4 rings (SSSR count). The van der Waals surface area contributed by atoms with E-state index in [1.165, 1.54) is 6.42 Å². The summed E-state index contributed by atoms with van der Waals surface area (Å²) < 4.78 is 60.6. The molecular formula is C33H45F4N3O8. The Labute approximate surface area is 276 Å². The lowest BCUT2D eigenvalue weighted by molar-refractivity contribution is -0.192. The summed E-state index contributed by atoms with van der Waals surface area (Å²) in [6, 6.07) is 5.62. The van der Waals surface area contributed by atoms with Gasteiger partial charge in [0.15, 0.2) is 0 Å². The molecule has 1 heterocycles. The van der Waals surface area contributed by atoms with Crippen LogP contribution in [-0.2, 0) is 23.9 Å². The van der Waals surface area contributed by atoms with E-state index in [0.29, 0.717) is 54.9 Å². The number of carbonyl (C=O) groups is 4. The van der Waals surface area contributed by atoms with Gasteiger partial charge in [-0.1, -0.05) is 32.1 Å². The zero-order valence-electron chi connectivity index (χ0n) is 27.0. The standard InChI is InChI=1S/C31H44FN3O6.C2HF3O2/c1-39-14-5-15-40-31(38)28-18-23-17-24(12-13-27(23)41-28)34-30(37)26(16-20-6-3-2-4-7-20)35-29(36)22-10-8-21(9-11-22)25(33)19-32;3-2(4,5)1(6)7/h12-13,17-18,20-22,25-26H,2-11,14-16,19,33H2,1H3,(H,34,37)(H,35,36);(H,6,7)/t21?,22?,25?,26-;/m1./s1. The highest BCUT2D eigenvalue weighted by Gasteiger charge is 2.38. The average molecular weight is 688 g/mol. The van der Waals surface area contributed by atoms with Crippen LogP contribution in [0.5, 0.6) is 0 Å². The van der Waals surface area contributed by atoms with Gasteiger partial charge in [-0.15, -0.1) is 0 Å². The van der Waals surface area contributed by atoms with Crippen molar-refractivity contribution >= 4 is 40.4 Å². The van der Waals surface area contributed by atoms with E-state index in [-0.39, 0.29) is 36.0 Å². The fraction of sp³-hybridized carbons (Fsp3) is 0.636. The number of furan rings is 1. The number of methoxy groups -OCH3 is 1. The minimum absolute atomic E-state index is 0.0884. The number of esters is 1. The van der Waals surface area contributed by atoms with Crippen LogP contribution in [0.3, 0.4) is 0 Å². The number of hydrogen-bond acceptors (Lipinski definition) is 8. The minimum Gasteiger partial charge on any atom is -0.475 e. The van der Waals surface area contributed by atoms with Crippen molar-refractivity contribution in [3.63, 3.8) is 0 Å². The van der Waals surface area contributed by atoms with Crippen LogP contribution in [0.25, 0.3) is 11.0 Å². The molecule has 15 heteroatoms. The van der Waals surface area contributed by atoms with Crippen LogP contribution in [-0.4, -0.2) is 74.1 Å². The summed E-state index contributed by atoms with van der Waals surface area (Å²) in [6.07, 6.45) is 4.42. The summed E-state index contributed by atoms with van der Waals surface area (Å²) in [4.78, 5) is 48.0. The number of anilines is 1. The maximum atomic E-state index is 13.5. The Morgan fingerprint density at radius 2 is 1.69 bits per heavy atom. The van der Waals surface area contributed by atoms with Crippen LogP contribution in [0.15, 0.2) is 28.7 Å². The molecule has 0 radical (unpaired) electrons. The SMILES string of the molecule is COCCCOC(=O)c1cc2cc(NC(=O)[C@@H](CC3CCCCC3)NC(=O)C3CCC(C(N)CF)CC3)ccc2o1.O=C(O)C(F)(F)F. The van der Waals surface area contributed by atoms with E-state index in [0.717, 1.165) is 38.5 Å². The molecule has 2 saturated carbocycles. The molecule has 2 fully saturated rings. The van der Waals surface area contributed by atoms with Crippen molar-refractivity contribution in [3.8, 4) is 0 Å². The molecule has 0 spiro atoms. The van der Waals surface area contributed by atoms with Crippen LogP contribution in [0.1, 0.15) is 81.2 Å². The molecule has 11 nitrogen and oxygen atoms in total. The Kier molecular flexibility index (Phi) is 15.1. The third kappa shape index (κ3) is 12.1. The number of fused-ring (bicyclic) bond motifs is 1. The lowest BCUT2D eigenvalue weighted by Crippen LogP contribution is -2.48. The third-order valence-electron chi connectivity index (χ3n) is 8.81. The Bertz CT molecular complexity index is 1350. The lowest BCUT2D eigenvalue weighted by atomic mass is 9.78. The summed E-state index contributed by atoms with van der Waals surface area (Å²) in [5.74, 6) is -3.33. The highest BCUT2D eigenvalue weighted by atomic mass is 19.4. The van der Waals surface area contributed by atoms with Crippen molar-refractivity contribution in [1.82, 2.24) is 5.32 Å². The number of ether oxygens (including phenoxy) is 2. The number of alkyl halides is 4. The molecule has 1 aromatic heterocycles. The number of halogens is 4. The van der Waals surface area contributed by atoms with Crippen LogP contribution in [0.4, 0.5) is 23.2 Å². The van der Waals surface area contributed by atoms with E-state index < -0.39 is 36.9 Å². The summed E-state index contributed by atoms with van der Waals surface area (Å²) in [5.41, 5.74) is 6.94. The summed E-state index contributed by atoms with van der Waals surface area (Å²) in [5, 5.41) is 13.8. The number of nitrogens with one attached hydrogen (secondary N) is 2. The molecule has 1 unspecified atom stereocenters. The average Bonchev–Trinajstić information content (AvgIpc) is 3.50. The fourth-order valence-electron chi connectivity index (χ4n) is 6.10. The molecule has 2 aliphatic carbocycles. The number of amides is 2.